The molecule has 3 aromatic heterocycles. The van der Waals surface area contributed by atoms with Crippen molar-refractivity contribution in [1.82, 2.24) is 24.2 Å². The zero-order chi connectivity index (χ0) is 24.6. The van der Waals surface area contributed by atoms with Crippen LogP contribution in [0.25, 0.3) is 16.9 Å². The van der Waals surface area contributed by atoms with Crippen LogP contribution >= 0.6 is 0 Å². The summed E-state index contributed by atoms with van der Waals surface area (Å²) in [6, 6.07) is 6.94. The number of aromatic nitrogens is 4. The fourth-order valence-corrected chi connectivity index (χ4v) is 3.39. The smallest absolute Gasteiger partial charge is 0.408 e. The van der Waals surface area contributed by atoms with Crippen molar-refractivity contribution in [2.75, 3.05) is 26.0 Å². The molecule has 0 saturated carbocycles. The van der Waals surface area contributed by atoms with Crippen molar-refractivity contribution in [2.45, 2.75) is 19.6 Å². The second-order valence-electron chi connectivity index (χ2n) is 7.92. The summed E-state index contributed by atoms with van der Waals surface area (Å²) in [5.41, 5.74) is 1.13. The van der Waals surface area contributed by atoms with Gasteiger partial charge in [0.15, 0.2) is 11.4 Å². The molecule has 0 saturated heterocycles. The van der Waals surface area contributed by atoms with Gasteiger partial charge in [0.1, 0.15) is 0 Å². The number of carbonyl (C=O) groups is 1. The van der Waals surface area contributed by atoms with Crippen LogP contribution in [0.15, 0.2) is 51.9 Å². The molecule has 0 aliphatic rings. The van der Waals surface area contributed by atoms with Crippen LogP contribution in [0, 0.1) is 6.92 Å². The second kappa shape index (κ2) is 8.78. The number of alkyl halides is 3. The van der Waals surface area contributed by atoms with Crippen molar-refractivity contribution >= 4 is 22.7 Å². The van der Waals surface area contributed by atoms with Gasteiger partial charge in [-0.3, -0.25) is 9.36 Å². The van der Waals surface area contributed by atoms with E-state index in [1.54, 1.807) is 25.1 Å². The summed E-state index contributed by atoms with van der Waals surface area (Å²) in [6.45, 7) is 2.66. The maximum absolute atomic E-state index is 12.9. The van der Waals surface area contributed by atoms with Gasteiger partial charge in [-0.1, -0.05) is 0 Å². The van der Waals surface area contributed by atoms with Crippen LogP contribution in [-0.4, -0.2) is 50.8 Å². The van der Waals surface area contributed by atoms with Gasteiger partial charge in [-0.25, -0.2) is 14.5 Å². The quantitative estimate of drug-likeness (QED) is 0.461. The third-order valence-electron chi connectivity index (χ3n) is 5.24. The molecular formula is C22H21F3N6O3. The number of oxazole rings is 1. The van der Waals surface area contributed by atoms with E-state index in [2.05, 4.69) is 15.4 Å². The molecule has 3 heterocycles. The summed E-state index contributed by atoms with van der Waals surface area (Å²) >= 11 is 0. The Kier molecular flexibility index (Phi) is 6.00. The molecule has 1 N–H and O–H groups in total. The lowest BCUT2D eigenvalue weighted by Gasteiger charge is -2.10. The number of benzene rings is 1. The lowest BCUT2D eigenvalue weighted by molar-refractivity contribution is -0.137. The monoisotopic (exact) mass is 474 g/mol. The summed E-state index contributed by atoms with van der Waals surface area (Å²) in [4.78, 5) is 30.8. The number of rotatable bonds is 6. The Morgan fingerprint density at radius 1 is 1.18 bits per heavy atom. The largest absolute Gasteiger partial charge is 0.419 e. The third kappa shape index (κ3) is 4.57. The molecular weight excluding hydrogens is 453 g/mol. The highest BCUT2D eigenvalue weighted by atomic mass is 19.4. The fourth-order valence-electron chi connectivity index (χ4n) is 3.39. The van der Waals surface area contributed by atoms with Gasteiger partial charge in [0.05, 0.1) is 28.5 Å². The number of halogens is 3. The molecule has 1 aromatic carbocycles. The minimum Gasteiger partial charge on any atom is -0.408 e. The Balaban J connectivity index is 1.57. The molecule has 1 amide bonds. The van der Waals surface area contributed by atoms with Gasteiger partial charge >= 0.3 is 11.9 Å². The lowest BCUT2D eigenvalue weighted by Crippen LogP contribution is -2.23. The van der Waals surface area contributed by atoms with Crippen LogP contribution in [0.4, 0.5) is 18.9 Å². The molecule has 0 fully saturated rings. The van der Waals surface area contributed by atoms with Gasteiger partial charge in [0, 0.05) is 25.0 Å². The molecule has 0 unspecified atom stereocenters. The molecule has 0 aliphatic heterocycles. The number of hydrogen-bond donors (Lipinski definition) is 1. The van der Waals surface area contributed by atoms with Crippen LogP contribution in [0.5, 0.6) is 0 Å². The number of nitrogens with zero attached hydrogens (tertiary/aromatic N) is 5. The average molecular weight is 474 g/mol. The number of amides is 1. The van der Waals surface area contributed by atoms with E-state index in [0.29, 0.717) is 41.8 Å². The number of anilines is 1. The maximum Gasteiger partial charge on any atom is 0.419 e. The zero-order valence-corrected chi connectivity index (χ0v) is 18.6. The van der Waals surface area contributed by atoms with Crippen molar-refractivity contribution in [3.8, 4) is 5.82 Å². The van der Waals surface area contributed by atoms with E-state index < -0.39 is 23.4 Å². The molecule has 0 bridgehead atoms. The SMILES string of the molecule is Cc1c(C(=O)Nc2ccc3oc(=O)n(CCN(C)C)c3c2)cnn1-c1ccc(C(F)(F)F)cn1. The topological polar surface area (TPSA) is 98.2 Å². The highest BCUT2D eigenvalue weighted by Crippen LogP contribution is 2.29. The summed E-state index contributed by atoms with van der Waals surface area (Å²) in [5.74, 6) is -0.809. The Morgan fingerprint density at radius 3 is 2.59 bits per heavy atom. The van der Waals surface area contributed by atoms with Gasteiger partial charge in [-0.2, -0.15) is 18.3 Å². The van der Waals surface area contributed by atoms with Crippen LogP contribution in [-0.2, 0) is 12.7 Å². The van der Waals surface area contributed by atoms with Crippen molar-refractivity contribution < 1.29 is 22.4 Å². The van der Waals surface area contributed by atoms with Gasteiger partial charge in [0.25, 0.3) is 5.91 Å². The number of fused-ring (bicyclic) bond motifs is 1. The Morgan fingerprint density at radius 2 is 1.94 bits per heavy atom. The molecule has 0 spiro atoms. The second-order valence-corrected chi connectivity index (χ2v) is 7.92. The maximum atomic E-state index is 12.9. The normalized spacial score (nSPS) is 12.0. The number of likely N-dealkylation sites (N-methyl/N-ethyl adjacent to an activating group) is 1. The average Bonchev–Trinajstić information content (AvgIpc) is 3.30. The van der Waals surface area contributed by atoms with Crippen LogP contribution in [0.3, 0.4) is 0 Å². The molecule has 9 nitrogen and oxygen atoms in total. The van der Waals surface area contributed by atoms with Crippen molar-refractivity contribution in [3.05, 3.63) is 70.1 Å². The van der Waals surface area contributed by atoms with Gasteiger partial charge < -0.3 is 14.6 Å². The first-order valence-corrected chi connectivity index (χ1v) is 10.2. The van der Waals surface area contributed by atoms with Gasteiger partial charge in [-0.15, -0.1) is 0 Å². The van der Waals surface area contributed by atoms with E-state index in [9.17, 15) is 22.8 Å². The Bertz CT molecular complexity index is 1400. The molecule has 4 aromatic rings. The van der Waals surface area contributed by atoms with E-state index in [0.717, 1.165) is 6.07 Å². The molecule has 178 valence electrons. The number of carbonyl (C=O) groups excluding carboxylic acids is 1. The highest BCUT2D eigenvalue weighted by molar-refractivity contribution is 6.05. The standard InChI is InChI=1S/C22H21F3N6O3/c1-13-16(12-27-31(13)19-7-4-14(11-26-19)22(23,24)25)20(32)28-15-5-6-18-17(10-15)30(21(33)34-18)9-8-29(2)3/h4-7,10-12H,8-9H2,1-3H3,(H,28,32). The van der Waals surface area contributed by atoms with E-state index >= 15 is 0 Å². The van der Waals surface area contributed by atoms with E-state index in [4.69, 9.17) is 4.42 Å². The summed E-state index contributed by atoms with van der Waals surface area (Å²) in [5, 5.41) is 6.85. The van der Waals surface area contributed by atoms with Gasteiger partial charge in [-0.05, 0) is 51.4 Å². The molecule has 34 heavy (non-hydrogen) atoms. The number of hydrogen-bond acceptors (Lipinski definition) is 6. The lowest BCUT2D eigenvalue weighted by atomic mass is 10.2. The Hall–Kier alpha value is -3.93. The minimum atomic E-state index is -4.50. The molecule has 4 rings (SSSR count). The first-order chi connectivity index (χ1) is 16.0. The predicted molar refractivity (Wildman–Crippen MR) is 118 cm³/mol. The molecule has 12 heteroatoms. The molecule has 0 aliphatic carbocycles. The van der Waals surface area contributed by atoms with Crippen LogP contribution in [0.2, 0.25) is 0 Å². The Labute approximate surface area is 191 Å². The minimum absolute atomic E-state index is 0.147. The summed E-state index contributed by atoms with van der Waals surface area (Å²) in [6.07, 6.45) is -2.47. The van der Waals surface area contributed by atoms with Crippen molar-refractivity contribution in [2.24, 2.45) is 0 Å². The van der Waals surface area contributed by atoms with E-state index in [1.807, 2.05) is 19.0 Å². The van der Waals surface area contributed by atoms with Crippen LogP contribution in [0.1, 0.15) is 21.6 Å². The first-order valence-electron chi connectivity index (χ1n) is 10.2. The van der Waals surface area contributed by atoms with Crippen molar-refractivity contribution in [1.29, 1.82) is 0 Å². The third-order valence-corrected chi connectivity index (χ3v) is 5.24. The highest BCUT2D eigenvalue weighted by Gasteiger charge is 2.31. The van der Waals surface area contributed by atoms with Crippen LogP contribution < -0.4 is 11.1 Å². The fraction of sp³-hybridized carbons (Fsp3) is 0.273. The van der Waals surface area contributed by atoms with E-state index in [-0.39, 0.29) is 11.4 Å². The molecule has 0 radical (unpaired) electrons. The van der Waals surface area contributed by atoms with Gasteiger partial charge in [0.2, 0.25) is 0 Å². The zero-order valence-electron chi connectivity index (χ0n) is 18.6. The molecule has 0 atom stereocenters. The predicted octanol–water partition coefficient (Wildman–Crippen LogP) is 3.32. The number of nitrogens with one attached hydrogen (secondary N) is 1. The number of pyridine rings is 1. The first kappa shape index (κ1) is 23.2. The van der Waals surface area contributed by atoms with Crippen molar-refractivity contribution in [3.63, 3.8) is 0 Å². The summed E-state index contributed by atoms with van der Waals surface area (Å²) in [7, 11) is 3.78. The summed E-state index contributed by atoms with van der Waals surface area (Å²) < 4.78 is 46.4. The van der Waals surface area contributed by atoms with E-state index in [1.165, 1.54) is 21.5 Å².